The fourth-order valence-electron chi connectivity index (χ4n) is 1.03. The molecule has 0 aliphatic heterocycles. The Bertz CT molecular complexity index is 214. The molecule has 0 saturated heterocycles. The van der Waals surface area contributed by atoms with Crippen molar-refractivity contribution in [2.24, 2.45) is 0 Å². The zero-order valence-corrected chi connectivity index (χ0v) is 7.02. The average Bonchev–Trinajstić information content (AvgIpc) is 1.90. The van der Waals surface area contributed by atoms with Crippen LogP contribution in [0.2, 0.25) is 5.02 Å². The highest BCUT2D eigenvalue weighted by Crippen LogP contribution is 2.25. The van der Waals surface area contributed by atoms with E-state index in [0.29, 0.717) is 0 Å². The Morgan fingerprint density at radius 3 is 1.73 bits per heavy atom. The summed E-state index contributed by atoms with van der Waals surface area (Å²) in [5.41, 5.74) is 2.74. The van der Waals surface area contributed by atoms with Gasteiger partial charge in [0.2, 0.25) is 0 Å². The third-order valence-corrected chi connectivity index (χ3v) is 1.64. The van der Waals surface area contributed by atoms with Crippen molar-refractivity contribution in [3.05, 3.63) is 34.3 Å². The highest BCUT2D eigenvalue weighted by molar-refractivity contribution is 6.30. The summed E-state index contributed by atoms with van der Waals surface area (Å²) < 4.78 is 0. The van der Waals surface area contributed by atoms with Gasteiger partial charge in [-0.15, -0.1) is 0 Å². The predicted molar refractivity (Wildman–Crippen MR) is 46.0 cm³/mol. The largest absolute Gasteiger partial charge is 0.412 e. The molecular weight excluding hydrogens is 164 g/mol. The molecule has 1 aromatic rings. The van der Waals surface area contributed by atoms with Crippen molar-refractivity contribution in [3.63, 3.8) is 0 Å². The van der Waals surface area contributed by atoms with Crippen LogP contribution in [0.25, 0.3) is 0 Å². The Kier molecular flexibility index (Phi) is 4.11. The van der Waals surface area contributed by atoms with Gasteiger partial charge in [0.15, 0.2) is 0 Å². The minimum Gasteiger partial charge on any atom is -0.412 e. The number of aliphatic hydroxyl groups is 1. The van der Waals surface area contributed by atoms with Crippen LogP contribution in [0, 0.1) is 0 Å². The van der Waals surface area contributed by atoms with Crippen LogP contribution in [0.5, 0.6) is 0 Å². The van der Waals surface area contributed by atoms with Crippen molar-refractivity contribution in [3.8, 4) is 0 Å². The molecule has 11 heavy (non-hydrogen) atoms. The van der Waals surface area contributed by atoms with Crippen LogP contribution in [-0.2, 0) is 6.42 Å². The summed E-state index contributed by atoms with van der Waals surface area (Å²) in [5.74, 6) is 0. The first kappa shape index (κ1) is 10.4. The first-order valence-electron chi connectivity index (χ1n) is 3.08. The van der Waals surface area contributed by atoms with Gasteiger partial charge in [-0.05, 0) is 29.7 Å². The zero-order chi connectivity index (χ0) is 7.56. The van der Waals surface area contributed by atoms with E-state index < -0.39 is 0 Å². The molecule has 2 bridgehead atoms. The van der Waals surface area contributed by atoms with Gasteiger partial charge in [-0.2, -0.15) is 0 Å². The molecule has 0 fully saturated rings. The normalized spacial score (nSPS) is 10.1. The fraction of sp³-hybridized carbons (Fsp3) is 0.250. The molecule has 3 N–H and O–H groups in total. The third kappa shape index (κ3) is 2.19. The topological polar surface area (TPSA) is 51.7 Å². The van der Waals surface area contributed by atoms with Crippen LogP contribution in [0.4, 0.5) is 0 Å². The fourth-order valence-corrected chi connectivity index (χ4v) is 1.31. The highest BCUT2D eigenvalue weighted by Gasteiger charge is 2.08. The second-order valence-corrected chi connectivity index (χ2v) is 2.58. The average molecular weight is 175 g/mol. The van der Waals surface area contributed by atoms with E-state index >= 15 is 0 Å². The summed E-state index contributed by atoms with van der Waals surface area (Å²) in [5, 5.41) is 7.88. The van der Waals surface area contributed by atoms with E-state index in [9.17, 15) is 0 Å². The van der Waals surface area contributed by atoms with Gasteiger partial charge in [0.1, 0.15) is 0 Å². The van der Waals surface area contributed by atoms with Crippen LogP contribution in [0.1, 0.15) is 11.1 Å². The highest BCUT2D eigenvalue weighted by atomic mass is 35.5. The van der Waals surface area contributed by atoms with Crippen LogP contribution in [0.15, 0.2) is 18.2 Å². The summed E-state index contributed by atoms with van der Waals surface area (Å²) in [4.78, 5) is 0. The molecule has 62 valence electrons. The molecule has 0 heterocycles. The van der Waals surface area contributed by atoms with Gasteiger partial charge in [-0.25, -0.2) is 0 Å². The summed E-state index contributed by atoms with van der Waals surface area (Å²) >= 11 is 5.69. The monoisotopic (exact) mass is 174 g/mol. The van der Waals surface area contributed by atoms with E-state index in [4.69, 9.17) is 16.7 Å². The summed E-state index contributed by atoms with van der Waals surface area (Å²) in [6, 6.07) is 6.18. The Morgan fingerprint density at radius 1 is 1.18 bits per heavy atom. The van der Waals surface area contributed by atoms with E-state index in [2.05, 4.69) is 6.07 Å². The lowest BCUT2D eigenvalue weighted by molar-refractivity contribution is 0.399. The van der Waals surface area contributed by atoms with Crippen molar-refractivity contribution in [1.82, 2.24) is 0 Å². The molecule has 2 aliphatic rings. The maximum atomic E-state index is 7.00. The van der Waals surface area contributed by atoms with Gasteiger partial charge in [-0.3, -0.25) is 0 Å². The maximum absolute atomic E-state index is 7.00. The van der Waals surface area contributed by atoms with Gasteiger partial charge < -0.3 is 10.6 Å². The number of aliphatic hydroxyl groups excluding tert-OH is 1. The Morgan fingerprint density at radius 2 is 1.55 bits per heavy atom. The van der Waals surface area contributed by atoms with E-state index in [1.807, 2.05) is 12.1 Å². The summed E-state index contributed by atoms with van der Waals surface area (Å²) in [6.45, 7) is 0. The maximum Gasteiger partial charge on any atom is 0.0411 e. The first-order valence-corrected chi connectivity index (χ1v) is 3.45. The Hall–Kier alpha value is -0.570. The van der Waals surface area contributed by atoms with Crippen LogP contribution in [-0.4, -0.2) is 17.7 Å². The molecule has 0 radical (unpaired) electrons. The van der Waals surface area contributed by atoms with Crippen LogP contribution in [0.3, 0.4) is 0 Å². The summed E-state index contributed by atoms with van der Waals surface area (Å²) in [7, 11) is 1.00. The van der Waals surface area contributed by atoms with E-state index in [0.717, 1.165) is 18.6 Å². The second-order valence-electron chi connectivity index (χ2n) is 2.14. The SMILES string of the molecule is CO.Clc1cc2cc(c1)C2.O. The molecule has 0 aromatic heterocycles. The molecule has 2 aliphatic carbocycles. The van der Waals surface area contributed by atoms with Crippen molar-refractivity contribution in [2.45, 2.75) is 6.42 Å². The smallest absolute Gasteiger partial charge is 0.0411 e. The molecule has 0 saturated carbocycles. The lowest BCUT2D eigenvalue weighted by Gasteiger charge is -2.13. The molecule has 3 heteroatoms. The predicted octanol–water partition coefficient (Wildman–Crippen LogP) is 1.03. The molecule has 1 aromatic carbocycles. The van der Waals surface area contributed by atoms with Crippen LogP contribution < -0.4 is 0 Å². The van der Waals surface area contributed by atoms with Gasteiger partial charge in [0, 0.05) is 12.1 Å². The van der Waals surface area contributed by atoms with Crippen molar-refractivity contribution in [1.29, 1.82) is 0 Å². The van der Waals surface area contributed by atoms with E-state index in [1.165, 1.54) is 11.1 Å². The molecule has 0 amide bonds. The minimum absolute atomic E-state index is 0. The third-order valence-electron chi connectivity index (χ3n) is 1.43. The van der Waals surface area contributed by atoms with Crippen LogP contribution >= 0.6 is 11.6 Å². The molecule has 0 unspecified atom stereocenters. The first-order chi connectivity index (χ1) is 4.84. The Labute approximate surface area is 70.7 Å². The number of fused-ring (bicyclic) bond motifs is 2. The number of rotatable bonds is 0. The standard InChI is InChI=1S/C7H5Cl.CH4O.H2O/c8-7-3-5-1-6(2-5)4-7;1-2;/h1,3-4H,2H2;2H,1H3;1H2. The molecular formula is C8H11ClO2. The van der Waals surface area contributed by atoms with Gasteiger partial charge in [0.05, 0.1) is 0 Å². The lowest BCUT2D eigenvalue weighted by Crippen LogP contribution is -1.99. The number of hydrogen-bond acceptors (Lipinski definition) is 1. The van der Waals surface area contributed by atoms with Gasteiger partial charge in [0.25, 0.3) is 0 Å². The van der Waals surface area contributed by atoms with Gasteiger partial charge >= 0.3 is 0 Å². The Balaban J connectivity index is 0.000000311. The minimum atomic E-state index is 0. The molecule has 3 rings (SSSR count). The van der Waals surface area contributed by atoms with Crippen molar-refractivity contribution in [2.75, 3.05) is 7.11 Å². The van der Waals surface area contributed by atoms with E-state index in [1.54, 1.807) is 0 Å². The van der Waals surface area contributed by atoms with E-state index in [-0.39, 0.29) is 5.48 Å². The zero-order valence-electron chi connectivity index (χ0n) is 6.26. The number of hydrogen-bond donors (Lipinski definition) is 1. The molecule has 0 atom stereocenters. The lowest BCUT2D eigenvalue weighted by atomic mass is 9.94. The molecule has 0 spiro atoms. The number of benzene rings is 1. The molecule has 2 nitrogen and oxygen atoms in total. The second kappa shape index (κ2) is 4.34. The van der Waals surface area contributed by atoms with Crippen molar-refractivity contribution < 1.29 is 10.6 Å². The number of halogens is 1. The quantitative estimate of drug-likeness (QED) is 0.637. The van der Waals surface area contributed by atoms with Gasteiger partial charge in [-0.1, -0.05) is 17.7 Å². The van der Waals surface area contributed by atoms with Crippen molar-refractivity contribution >= 4 is 11.6 Å². The summed E-state index contributed by atoms with van der Waals surface area (Å²) in [6.07, 6.45) is 1.14.